The monoisotopic (exact) mass is 569 g/mol. The normalized spacial score (nSPS) is 21.1. The summed E-state index contributed by atoms with van der Waals surface area (Å²) >= 11 is 1.25. The molecule has 9 nitrogen and oxygen atoms in total. The van der Waals surface area contributed by atoms with Crippen LogP contribution in [0.1, 0.15) is 44.4 Å². The van der Waals surface area contributed by atoms with Gasteiger partial charge in [0.05, 0.1) is 12.0 Å². The molecule has 0 aromatic heterocycles. The third-order valence-corrected chi connectivity index (χ3v) is 8.97. The van der Waals surface area contributed by atoms with Crippen molar-refractivity contribution in [3.05, 3.63) is 71.3 Å². The molecule has 1 aliphatic rings. The highest BCUT2D eigenvalue weighted by Crippen LogP contribution is 2.39. The minimum absolute atomic E-state index is 0.161. The molecule has 3 unspecified atom stereocenters. The maximum Gasteiger partial charge on any atom is 0.307 e. The van der Waals surface area contributed by atoms with Crippen molar-refractivity contribution >= 4 is 35.3 Å². The zero-order valence-corrected chi connectivity index (χ0v) is 24.3. The van der Waals surface area contributed by atoms with Crippen molar-refractivity contribution in [2.75, 3.05) is 0 Å². The standard InChI is InChI=1S/C30H39N3O6S/c1-17-11-9-10-14-21(17)16-31-27(37)25-30(4,5)40-28(33-25)24(35)23(34)22(15-20-12-7-6-8-13-20)32-26(36)18(2)19(3)29(38)39/h6-14,18-19,22-23,25,28,33-34H,15-16H2,1-5H3,(H,31,37)(H,32,36)(H,38,39)/t18?,19?,22-,23-,25+,28?/m0/s1. The zero-order chi connectivity index (χ0) is 29.6. The van der Waals surface area contributed by atoms with E-state index in [0.717, 1.165) is 16.7 Å². The number of carboxylic acid groups (broad SMARTS) is 1. The summed E-state index contributed by atoms with van der Waals surface area (Å²) in [5.41, 5.74) is 2.85. The van der Waals surface area contributed by atoms with Crippen LogP contribution in [0.2, 0.25) is 0 Å². The Balaban J connectivity index is 1.73. The summed E-state index contributed by atoms with van der Waals surface area (Å²) in [5, 5.41) is 28.4. The lowest BCUT2D eigenvalue weighted by Gasteiger charge is -2.27. The van der Waals surface area contributed by atoms with Crippen LogP contribution in [-0.2, 0) is 32.1 Å². The SMILES string of the molecule is Cc1ccccc1CNC(=O)[C@H]1NC(C(=O)[C@@H](O)[C@H](Cc2ccccc2)NC(=O)C(C)C(C)C(=O)O)SC1(C)C. The van der Waals surface area contributed by atoms with Gasteiger partial charge in [0.25, 0.3) is 0 Å². The Kier molecular flexibility index (Phi) is 10.5. The number of Topliss-reactive ketones (excluding diaryl/α,β-unsaturated/α-hetero) is 1. The van der Waals surface area contributed by atoms with Gasteiger partial charge in [-0.15, -0.1) is 11.8 Å². The maximum atomic E-state index is 13.5. The molecule has 2 amide bonds. The quantitative estimate of drug-likeness (QED) is 0.262. The van der Waals surface area contributed by atoms with Gasteiger partial charge in [0.2, 0.25) is 11.8 Å². The fraction of sp³-hybridized carbons (Fsp3) is 0.467. The van der Waals surface area contributed by atoms with Crippen molar-refractivity contribution in [1.82, 2.24) is 16.0 Å². The smallest absolute Gasteiger partial charge is 0.307 e. The Morgan fingerprint density at radius 2 is 1.62 bits per heavy atom. The fourth-order valence-electron chi connectivity index (χ4n) is 4.60. The van der Waals surface area contributed by atoms with Crippen LogP contribution in [0.15, 0.2) is 54.6 Å². The van der Waals surface area contributed by atoms with E-state index in [1.165, 1.54) is 25.6 Å². The lowest BCUT2D eigenvalue weighted by atomic mass is 9.93. The van der Waals surface area contributed by atoms with Crippen molar-refractivity contribution in [3.8, 4) is 0 Å². The second-order valence-electron chi connectivity index (χ2n) is 10.9. The van der Waals surface area contributed by atoms with Crippen molar-refractivity contribution in [3.63, 3.8) is 0 Å². The highest BCUT2D eigenvalue weighted by Gasteiger charge is 2.49. The molecule has 0 spiro atoms. The van der Waals surface area contributed by atoms with E-state index in [1.54, 1.807) is 0 Å². The van der Waals surface area contributed by atoms with Crippen LogP contribution < -0.4 is 16.0 Å². The van der Waals surface area contributed by atoms with Crippen LogP contribution in [0.3, 0.4) is 0 Å². The third kappa shape index (κ3) is 7.71. The average Bonchev–Trinajstić information content (AvgIpc) is 3.25. The van der Waals surface area contributed by atoms with E-state index in [-0.39, 0.29) is 12.3 Å². The number of hydrogen-bond acceptors (Lipinski definition) is 7. The number of amides is 2. The number of carboxylic acids is 1. The van der Waals surface area contributed by atoms with Gasteiger partial charge in [0.15, 0.2) is 5.78 Å². The summed E-state index contributed by atoms with van der Waals surface area (Å²) < 4.78 is -0.653. The molecule has 10 heteroatoms. The van der Waals surface area contributed by atoms with Gasteiger partial charge in [-0.05, 0) is 43.9 Å². The van der Waals surface area contributed by atoms with Crippen LogP contribution in [0, 0.1) is 18.8 Å². The van der Waals surface area contributed by atoms with Gasteiger partial charge in [-0.1, -0.05) is 68.4 Å². The molecule has 6 atom stereocenters. The summed E-state index contributed by atoms with van der Waals surface area (Å²) in [6.07, 6.45) is -1.43. The van der Waals surface area contributed by atoms with Crippen LogP contribution in [0.5, 0.6) is 0 Å². The van der Waals surface area contributed by atoms with E-state index < -0.39 is 57.8 Å². The van der Waals surface area contributed by atoms with Crippen molar-refractivity contribution in [1.29, 1.82) is 0 Å². The molecule has 5 N–H and O–H groups in total. The molecular weight excluding hydrogens is 530 g/mol. The number of nitrogens with one attached hydrogen (secondary N) is 3. The summed E-state index contributed by atoms with van der Waals surface area (Å²) in [6.45, 7) is 8.98. The Labute approximate surface area is 239 Å². The van der Waals surface area contributed by atoms with E-state index in [0.29, 0.717) is 6.54 Å². The number of thioether (sulfide) groups is 1. The molecule has 1 heterocycles. The number of rotatable bonds is 12. The number of carbonyl (C=O) groups is 4. The number of hydrogen-bond donors (Lipinski definition) is 5. The Hall–Kier alpha value is -3.21. The number of benzene rings is 2. The maximum absolute atomic E-state index is 13.5. The summed E-state index contributed by atoms with van der Waals surface area (Å²) in [6, 6.07) is 15.2. The molecule has 2 aromatic carbocycles. The van der Waals surface area contributed by atoms with Gasteiger partial charge >= 0.3 is 5.97 Å². The topological polar surface area (TPSA) is 145 Å². The van der Waals surface area contributed by atoms with Crippen LogP contribution in [0.4, 0.5) is 0 Å². The first-order chi connectivity index (χ1) is 18.8. The molecule has 0 saturated carbocycles. The fourth-order valence-corrected chi connectivity index (χ4v) is 5.98. The van der Waals surface area contributed by atoms with Crippen LogP contribution in [0.25, 0.3) is 0 Å². The summed E-state index contributed by atoms with van der Waals surface area (Å²) in [5.74, 6) is -4.32. The first-order valence-electron chi connectivity index (χ1n) is 13.4. The molecule has 1 fully saturated rings. The van der Waals surface area contributed by atoms with Crippen molar-refractivity contribution in [2.24, 2.45) is 11.8 Å². The number of aryl methyl sites for hydroxylation is 1. The zero-order valence-electron chi connectivity index (χ0n) is 23.5. The third-order valence-electron chi connectivity index (χ3n) is 7.52. The minimum atomic E-state index is -1.59. The van der Waals surface area contributed by atoms with Gasteiger partial charge in [-0.25, -0.2) is 0 Å². The number of aliphatic hydroxyl groups is 1. The molecule has 3 rings (SSSR count). The molecule has 1 aliphatic heterocycles. The van der Waals surface area contributed by atoms with Crippen LogP contribution >= 0.6 is 11.8 Å². The number of ketones is 1. The Morgan fingerprint density at radius 1 is 1.00 bits per heavy atom. The van der Waals surface area contributed by atoms with Crippen molar-refractivity contribution < 1.29 is 29.4 Å². The Morgan fingerprint density at radius 3 is 2.25 bits per heavy atom. The summed E-state index contributed by atoms with van der Waals surface area (Å²) in [4.78, 5) is 51.0. The first-order valence-corrected chi connectivity index (χ1v) is 14.2. The van der Waals surface area contributed by atoms with Gasteiger partial charge in [0, 0.05) is 17.2 Å². The Bertz CT molecular complexity index is 1220. The number of carbonyl (C=O) groups excluding carboxylic acids is 3. The van der Waals surface area contributed by atoms with E-state index in [2.05, 4.69) is 16.0 Å². The highest BCUT2D eigenvalue weighted by atomic mass is 32.2. The molecule has 1 saturated heterocycles. The van der Waals surface area contributed by atoms with Gasteiger partial charge in [0.1, 0.15) is 17.5 Å². The molecule has 0 radical (unpaired) electrons. The largest absolute Gasteiger partial charge is 0.481 e. The molecule has 216 valence electrons. The number of aliphatic hydroxyl groups excluding tert-OH is 1. The molecule has 2 aromatic rings. The average molecular weight is 570 g/mol. The van der Waals surface area contributed by atoms with Gasteiger partial charge in [-0.3, -0.25) is 24.5 Å². The molecule has 40 heavy (non-hydrogen) atoms. The first kappa shape index (κ1) is 31.3. The van der Waals surface area contributed by atoms with Crippen LogP contribution in [-0.4, -0.2) is 62.1 Å². The lowest BCUT2D eigenvalue weighted by Crippen LogP contribution is -2.55. The van der Waals surface area contributed by atoms with Gasteiger partial charge < -0.3 is 20.8 Å². The molecule has 0 bridgehead atoms. The van der Waals surface area contributed by atoms with E-state index >= 15 is 0 Å². The predicted octanol–water partition coefficient (Wildman–Crippen LogP) is 2.44. The summed E-state index contributed by atoms with van der Waals surface area (Å²) in [7, 11) is 0. The second-order valence-corrected chi connectivity index (χ2v) is 12.7. The highest BCUT2D eigenvalue weighted by molar-refractivity contribution is 8.02. The lowest BCUT2D eigenvalue weighted by molar-refractivity contribution is -0.146. The number of aliphatic carboxylic acids is 1. The van der Waals surface area contributed by atoms with E-state index in [9.17, 15) is 29.4 Å². The molecule has 0 aliphatic carbocycles. The van der Waals surface area contributed by atoms with Crippen molar-refractivity contribution in [2.45, 2.75) is 75.9 Å². The van der Waals surface area contributed by atoms with E-state index in [1.807, 2.05) is 75.4 Å². The minimum Gasteiger partial charge on any atom is -0.481 e. The van der Waals surface area contributed by atoms with E-state index in [4.69, 9.17) is 0 Å². The van der Waals surface area contributed by atoms with Gasteiger partial charge in [-0.2, -0.15) is 0 Å². The molecular formula is C30H39N3O6S. The predicted molar refractivity (Wildman–Crippen MR) is 154 cm³/mol. The second kappa shape index (κ2) is 13.4.